The first-order valence-electron chi connectivity index (χ1n) is 8.54. The summed E-state index contributed by atoms with van der Waals surface area (Å²) < 4.78 is 60.0. The van der Waals surface area contributed by atoms with Crippen molar-refractivity contribution in [2.24, 2.45) is 5.92 Å². The second kappa shape index (κ2) is 9.89. The molecular formula is C19H18ClF4NO4. The van der Waals surface area contributed by atoms with E-state index in [2.05, 4.69) is 9.72 Å². The average Bonchev–Trinajstić information content (AvgIpc) is 2.66. The van der Waals surface area contributed by atoms with Gasteiger partial charge in [0.05, 0.1) is 18.6 Å². The highest BCUT2D eigenvalue weighted by atomic mass is 35.5. The summed E-state index contributed by atoms with van der Waals surface area (Å²) in [6.45, 7) is 1.65. The number of rotatable bonds is 9. The maximum atomic E-state index is 13.1. The molecule has 10 heteroatoms. The molecule has 0 aliphatic heterocycles. The number of hydrogen-bond donors (Lipinski definition) is 1. The largest absolute Gasteiger partial charge is 0.466 e. The topological polar surface area (TPSA) is 68.7 Å². The molecule has 0 aliphatic rings. The number of esters is 1. The number of halogens is 5. The third-order valence-corrected chi connectivity index (χ3v) is 4.15. The molecule has 0 fully saturated rings. The Kier molecular flexibility index (Phi) is 7.80. The molecule has 0 radical (unpaired) electrons. The fourth-order valence-electron chi connectivity index (χ4n) is 2.56. The third kappa shape index (κ3) is 6.30. The highest BCUT2D eigenvalue weighted by Gasteiger charge is 2.44. The number of benzene rings is 1. The van der Waals surface area contributed by atoms with Crippen LogP contribution in [-0.4, -0.2) is 35.2 Å². The first kappa shape index (κ1) is 22.9. The highest BCUT2D eigenvalue weighted by molar-refractivity contribution is 6.29. The van der Waals surface area contributed by atoms with E-state index in [1.807, 2.05) is 0 Å². The molecule has 1 N–H and O–H groups in total. The predicted octanol–water partition coefficient (Wildman–Crippen LogP) is 4.43. The molecule has 0 amide bonds. The van der Waals surface area contributed by atoms with Crippen molar-refractivity contribution in [1.82, 2.24) is 4.98 Å². The van der Waals surface area contributed by atoms with E-state index in [0.29, 0.717) is 11.1 Å². The van der Waals surface area contributed by atoms with Gasteiger partial charge in [-0.15, -0.1) is 0 Å². The van der Waals surface area contributed by atoms with Gasteiger partial charge in [0, 0.05) is 6.20 Å². The smallest absolute Gasteiger partial charge is 0.461 e. The molecular weight excluding hydrogens is 418 g/mol. The molecule has 29 heavy (non-hydrogen) atoms. The maximum absolute atomic E-state index is 13.1. The van der Waals surface area contributed by atoms with Gasteiger partial charge in [-0.1, -0.05) is 29.8 Å². The maximum Gasteiger partial charge on any atom is 0.461 e. The summed E-state index contributed by atoms with van der Waals surface area (Å²) >= 11 is 5.72. The zero-order valence-corrected chi connectivity index (χ0v) is 16.0. The van der Waals surface area contributed by atoms with Crippen LogP contribution in [0.3, 0.4) is 0 Å². The highest BCUT2D eigenvalue weighted by Crippen LogP contribution is 2.31. The summed E-state index contributed by atoms with van der Waals surface area (Å²) in [7, 11) is 0. The Balaban J connectivity index is 2.26. The Morgan fingerprint density at radius 3 is 2.59 bits per heavy atom. The molecule has 2 unspecified atom stereocenters. The van der Waals surface area contributed by atoms with Gasteiger partial charge in [-0.2, -0.15) is 17.6 Å². The zero-order valence-electron chi connectivity index (χ0n) is 15.2. The van der Waals surface area contributed by atoms with E-state index in [-0.39, 0.29) is 18.2 Å². The number of hydrogen-bond acceptors (Lipinski definition) is 5. The Labute approximate surface area is 169 Å². The molecule has 0 bridgehead atoms. The summed E-state index contributed by atoms with van der Waals surface area (Å²) in [6, 6.07) is 7.88. The van der Waals surface area contributed by atoms with Crippen LogP contribution < -0.4 is 4.74 Å². The number of pyridine rings is 1. The van der Waals surface area contributed by atoms with E-state index < -0.39 is 36.3 Å². The number of ether oxygens (including phenoxy) is 2. The van der Waals surface area contributed by atoms with Crippen LogP contribution in [0, 0.1) is 5.92 Å². The van der Waals surface area contributed by atoms with Gasteiger partial charge < -0.3 is 14.6 Å². The van der Waals surface area contributed by atoms with Crippen LogP contribution in [0.25, 0.3) is 0 Å². The van der Waals surface area contributed by atoms with Crippen LogP contribution in [0.4, 0.5) is 17.6 Å². The Hall–Kier alpha value is -2.39. The van der Waals surface area contributed by atoms with Crippen molar-refractivity contribution in [2.75, 3.05) is 6.61 Å². The van der Waals surface area contributed by atoms with E-state index in [0.717, 1.165) is 12.1 Å². The Morgan fingerprint density at radius 2 is 2.00 bits per heavy atom. The molecule has 5 nitrogen and oxygen atoms in total. The van der Waals surface area contributed by atoms with Crippen molar-refractivity contribution in [3.63, 3.8) is 0 Å². The lowest BCUT2D eigenvalue weighted by Gasteiger charge is -2.22. The number of carbonyl (C=O) groups excluding carboxylic acids is 1. The van der Waals surface area contributed by atoms with E-state index in [4.69, 9.17) is 16.3 Å². The lowest BCUT2D eigenvalue weighted by molar-refractivity contribution is -0.253. The van der Waals surface area contributed by atoms with Crippen LogP contribution in [0.2, 0.25) is 5.15 Å². The minimum absolute atomic E-state index is 0.0602. The number of aliphatic hydroxyl groups is 1. The molecule has 1 aromatic heterocycles. The summed E-state index contributed by atoms with van der Waals surface area (Å²) in [5.41, 5.74) is 0.593. The van der Waals surface area contributed by atoms with Gasteiger partial charge in [0.1, 0.15) is 10.9 Å². The van der Waals surface area contributed by atoms with Gasteiger partial charge in [0.15, 0.2) is 0 Å². The first-order valence-corrected chi connectivity index (χ1v) is 8.92. The lowest BCUT2D eigenvalue weighted by Crippen LogP contribution is -2.33. The quantitative estimate of drug-likeness (QED) is 0.358. The molecule has 0 aliphatic carbocycles. The molecule has 0 saturated heterocycles. The molecule has 0 saturated carbocycles. The first-order chi connectivity index (χ1) is 13.6. The van der Waals surface area contributed by atoms with Crippen molar-refractivity contribution in [3.05, 3.63) is 58.9 Å². The van der Waals surface area contributed by atoms with Crippen LogP contribution >= 0.6 is 11.6 Å². The lowest BCUT2D eigenvalue weighted by atomic mass is 9.90. The van der Waals surface area contributed by atoms with Gasteiger partial charge in [-0.05, 0) is 42.7 Å². The van der Waals surface area contributed by atoms with E-state index >= 15 is 0 Å². The van der Waals surface area contributed by atoms with Crippen LogP contribution in [0.5, 0.6) is 5.75 Å². The number of alkyl halides is 4. The van der Waals surface area contributed by atoms with Crippen molar-refractivity contribution in [1.29, 1.82) is 0 Å². The van der Waals surface area contributed by atoms with Crippen LogP contribution in [0.1, 0.15) is 24.2 Å². The second-order valence-corrected chi connectivity index (χ2v) is 6.42. The van der Waals surface area contributed by atoms with Gasteiger partial charge in [0.2, 0.25) is 0 Å². The summed E-state index contributed by atoms with van der Waals surface area (Å²) in [5, 5.41) is 10.8. The fraction of sp³-hybridized carbons (Fsp3) is 0.368. The average molecular weight is 436 g/mol. The van der Waals surface area contributed by atoms with Crippen molar-refractivity contribution < 1.29 is 36.9 Å². The fourth-order valence-corrected chi connectivity index (χ4v) is 2.67. The number of aromatic nitrogens is 1. The second-order valence-electron chi connectivity index (χ2n) is 6.03. The number of carbonyl (C=O) groups is 1. The number of aliphatic hydroxyl groups excluding tert-OH is 1. The molecule has 2 aromatic rings. The predicted molar refractivity (Wildman–Crippen MR) is 96.1 cm³/mol. The Morgan fingerprint density at radius 1 is 1.28 bits per heavy atom. The molecule has 158 valence electrons. The van der Waals surface area contributed by atoms with Gasteiger partial charge in [-0.3, -0.25) is 4.79 Å². The standard InChI is InChI=1S/C19H18ClF4NO4/c1-2-28-17(27)14(16(26)12-6-7-15(20)25-10-12)9-11-4-3-5-13(8-11)29-19(23,24)18(21)22/h3-8,10,14,16,18,26H,2,9H2,1H3. The molecule has 0 spiro atoms. The van der Waals surface area contributed by atoms with Gasteiger partial charge in [-0.25, -0.2) is 4.98 Å². The minimum Gasteiger partial charge on any atom is -0.466 e. The Bertz CT molecular complexity index is 820. The normalized spacial score (nSPS) is 13.8. The number of nitrogens with zero attached hydrogens (tertiary/aromatic N) is 1. The van der Waals surface area contributed by atoms with E-state index in [1.165, 1.54) is 30.5 Å². The zero-order chi connectivity index (χ0) is 21.6. The minimum atomic E-state index is -4.66. The summed E-state index contributed by atoms with van der Waals surface area (Å²) in [6.07, 6.45) is -8.82. The van der Waals surface area contributed by atoms with Crippen molar-refractivity contribution >= 4 is 17.6 Å². The van der Waals surface area contributed by atoms with Gasteiger partial charge >= 0.3 is 18.5 Å². The summed E-state index contributed by atoms with van der Waals surface area (Å²) in [5.74, 6) is -2.33. The molecule has 2 atom stereocenters. The SMILES string of the molecule is CCOC(=O)C(Cc1cccc(OC(F)(F)C(F)F)c1)C(O)c1ccc(Cl)nc1. The summed E-state index contributed by atoms with van der Waals surface area (Å²) in [4.78, 5) is 16.2. The molecule has 2 rings (SSSR count). The monoisotopic (exact) mass is 435 g/mol. The van der Waals surface area contributed by atoms with E-state index in [9.17, 15) is 27.5 Å². The third-order valence-electron chi connectivity index (χ3n) is 3.92. The molecule has 1 aromatic carbocycles. The van der Waals surface area contributed by atoms with Crippen LogP contribution in [0.15, 0.2) is 42.6 Å². The van der Waals surface area contributed by atoms with Crippen LogP contribution in [-0.2, 0) is 16.0 Å². The van der Waals surface area contributed by atoms with Gasteiger partial charge in [0.25, 0.3) is 0 Å². The van der Waals surface area contributed by atoms with Crippen molar-refractivity contribution in [3.8, 4) is 5.75 Å². The molecule has 1 heterocycles. The van der Waals surface area contributed by atoms with Crippen molar-refractivity contribution in [2.45, 2.75) is 32.0 Å². The van der Waals surface area contributed by atoms with E-state index in [1.54, 1.807) is 6.92 Å².